The summed E-state index contributed by atoms with van der Waals surface area (Å²) in [5.74, 6) is -1.27. The molecule has 3 N–H and O–H groups in total. The molecule has 0 spiro atoms. The summed E-state index contributed by atoms with van der Waals surface area (Å²) in [6.07, 6.45) is 3.68. The first-order valence-electron chi connectivity index (χ1n) is 13.5. The highest BCUT2D eigenvalue weighted by Gasteiger charge is 2.42. The number of para-hydroxylation sites is 1. The zero-order valence-corrected chi connectivity index (χ0v) is 21.3. The Hall–Kier alpha value is -3.97. The third kappa shape index (κ3) is 6.86. The molecule has 0 saturated heterocycles. The van der Waals surface area contributed by atoms with Crippen LogP contribution >= 0.6 is 0 Å². The van der Waals surface area contributed by atoms with E-state index in [1.807, 2.05) is 42.5 Å². The number of ether oxygens (including phenoxy) is 1. The number of unbranched alkanes of at least 4 members (excludes halogenated alkanes) is 2. The molecule has 1 saturated carbocycles. The SMILES string of the molecule is [2H]C(C(N)=O)(c1ccccc1OCCCCCC(=O)CO)N(C(=O)c1ccc(-c2ccccc2)cc1)C1CC1. The van der Waals surface area contributed by atoms with Crippen LogP contribution < -0.4 is 10.5 Å². The maximum atomic E-state index is 13.8. The number of rotatable bonds is 14. The molecule has 0 aliphatic heterocycles. The van der Waals surface area contributed by atoms with Crippen LogP contribution in [0.3, 0.4) is 0 Å². The summed E-state index contributed by atoms with van der Waals surface area (Å²) in [7, 11) is 0. The van der Waals surface area contributed by atoms with E-state index in [9.17, 15) is 15.8 Å². The van der Waals surface area contributed by atoms with Crippen LogP contribution in [0.5, 0.6) is 5.75 Å². The third-order valence-corrected chi connectivity index (χ3v) is 6.52. The van der Waals surface area contributed by atoms with Gasteiger partial charge >= 0.3 is 0 Å². The highest BCUT2D eigenvalue weighted by Crippen LogP contribution is 2.39. The van der Waals surface area contributed by atoms with Crippen LogP contribution in [0.4, 0.5) is 0 Å². The molecule has 0 bridgehead atoms. The van der Waals surface area contributed by atoms with Crippen molar-refractivity contribution in [3.8, 4) is 16.9 Å². The summed E-state index contributed by atoms with van der Waals surface area (Å²) in [5, 5.41) is 8.84. The normalized spacial score (nSPS) is 14.7. The number of aliphatic hydroxyl groups is 1. The maximum Gasteiger partial charge on any atom is 0.255 e. The van der Waals surface area contributed by atoms with Gasteiger partial charge in [-0.3, -0.25) is 14.4 Å². The number of primary amides is 1. The van der Waals surface area contributed by atoms with E-state index in [2.05, 4.69) is 0 Å². The van der Waals surface area contributed by atoms with Crippen molar-refractivity contribution in [1.29, 1.82) is 0 Å². The quantitative estimate of drug-likeness (QED) is 0.303. The maximum absolute atomic E-state index is 13.8. The van der Waals surface area contributed by atoms with Crippen LogP contribution in [0, 0.1) is 0 Å². The average Bonchev–Trinajstić information content (AvgIpc) is 3.80. The predicted molar refractivity (Wildman–Crippen MR) is 146 cm³/mol. The van der Waals surface area contributed by atoms with Gasteiger partial charge in [-0.1, -0.05) is 60.7 Å². The van der Waals surface area contributed by atoms with Crippen molar-refractivity contribution >= 4 is 17.6 Å². The number of nitrogens with zero attached hydrogens (tertiary/aromatic N) is 1. The van der Waals surface area contributed by atoms with Gasteiger partial charge in [-0.2, -0.15) is 0 Å². The summed E-state index contributed by atoms with van der Waals surface area (Å²) in [5.41, 5.74) is 8.43. The predicted octanol–water partition coefficient (Wildman–Crippen LogP) is 4.69. The van der Waals surface area contributed by atoms with Crippen molar-refractivity contribution in [2.75, 3.05) is 13.2 Å². The molecule has 7 nitrogen and oxygen atoms in total. The third-order valence-electron chi connectivity index (χ3n) is 6.52. The number of hydrogen-bond donors (Lipinski definition) is 2. The lowest BCUT2D eigenvalue weighted by Gasteiger charge is -2.31. The summed E-state index contributed by atoms with van der Waals surface area (Å²) in [4.78, 5) is 39.4. The molecule has 1 aliphatic rings. The van der Waals surface area contributed by atoms with E-state index >= 15 is 0 Å². The van der Waals surface area contributed by atoms with E-state index in [4.69, 9.17) is 15.6 Å². The molecular weight excluding hydrogens is 480 g/mol. The lowest BCUT2D eigenvalue weighted by Crippen LogP contribution is -2.43. The summed E-state index contributed by atoms with van der Waals surface area (Å²) in [6.45, 7) is -0.145. The average molecular weight is 516 g/mol. The molecule has 0 radical (unpaired) electrons. The van der Waals surface area contributed by atoms with Crippen LogP contribution in [0.2, 0.25) is 0 Å². The fraction of sp³-hybridized carbons (Fsp3) is 0.323. The molecule has 38 heavy (non-hydrogen) atoms. The van der Waals surface area contributed by atoms with Gasteiger partial charge in [0, 0.05) is 23.6 Å². The van der Waals surface area contributed by atoms with Crippen molar-refractivity contribution in [1.82, 2.24) is 4.90 Å². The van der Waals surface area contributed by atoms with Gasteiger partial charge in [0.1, 0.15) is 18.4 Å². The van der Waals surface area contributed by atoms with E-state index < -0.39 is 24.4 Å². The Morgan fingerprint density at radius 2 is 1.58 bits per heavy atom. The van der Waals surface area contributed by atoms with Gasteiger partial charge in [-0.15, -0.1) is 0 Å². The molecule has 198 valence electrons. The van der Waals surface area contributed by atoms with Crippen molar-refractivity contribution < 1.29 is 25.6 Å². The number of benzene rings is 3. The topological polar surface area (TPSA) is 110 Å². The number of aliphatic hydroxyl groups excluding tert-OH is 1. The molecule has 7 heteroatoms. The van der Waals surface area contributed by atoms with Gasteiger partial charge in [0.25, 0.3) is 5.91 Å². The number of Topliss-reactive ketones (excluding diaryl/α,β-unsaturated/α-hetero) is 1. The summed E-state index contributed by atoms with van der Waals surface area (Å²) in [6, 6.07) is 21.2. The molecule has 0 aromatic heterocycles. The van der Waals surface area contributed by atoms with Gasteiger partial charge in [-0.25, -0.2) is 0 Å². The highest BCUT2D eigenvalue weighted by atomic mass is 16.5. The monoisotopic (exact) mass is 515 g/mol. The Bertz CT molecular complexity index is 1290. The van der Waals surface area contributed by atoms with Crippen molar-refractivity contribution in [2.45, 2.75) is 50.6 Å². The summed E-state index contributed by atoms with van der Waals surface area (Å²) < 4.78 is 15.3. The molecule has 4 rings (SSSR count). The smallest absolute Gasteiger partial charge is 0.255 e. The Labute approximate surface area is 224 Å². The van der Waals surface area contributed by atoms with Crippen molar-refractivity contribution in [2.24, 2.45) is 5.73 Å². The molecular formula is C31H34N2O5. The number of carbonyl (C=O) groups excluding carboxylic acids is 3. The van der Waals surface area contributed by atoms with Crippen LogP contribution in [0.15, 0.2) is 78.9 Å². The molecule has 0 heterocycles. The number of amides is 2. The van der Waals surface area contributed by atoms with Gasteiger partial charge in [-0.05, 0) is 61.4 Å². The van der Waals surface area contributed by atoms with Crippen molar-refractivity contribution in [3.63, 3.8) is 0 Å². The summed E-state index contributed by atoms with van der Waals surface area (Å²) >= 11 is 0. The first-order valence-corrected chi connectivity index (χ1v) is 13.0. The van der Waals surface area contributed by atoms with E-state index in [1.54, 1.807) is 36.4 Å². The zero-order valence-electron chi connectivity index (χ0n) is 22.3. The molecule has 1 atom stereocenters. The van der Waals surface area contributed by atoms with Gasteiger partial charge in [0.05, 0.1) is 7.98 Å². The van der Waals surface area contributed by atoms with E-state index in [-0.39, 0.29) is 17.4 Å². The second-order valence-electron chi connectivity index (χ2n) is 9.41. The Balaban J connectivity index is 1.56. The fourth-order valence-corrected chi connectivity index (χ4v) is 4.39. The molecule has 3 aromatic rings. The van der Waals surface area contributed by atoms with Gasteiger partial charge < -0.3 is 20.5 Å². The molecule has 3 aromatic carbocycles. The largest absolute Gasteiger partial charge is 0.493 e. The fourth-order valence-electron chi connectivity index (χ4n) is 4.39. The van der Waals surface area contributed by atoms with E-state index in [0.29, 0.717) is 50.0 Å². The molecule has 2 amide bonds. The lowest BCUT2D eigenvalue weighted by atomic mass is 10.00. The minimum Gasteiger partial charge on any atom is -0.493 e. The van der Waals surface area contributed by atoms with E-state index in [1.165, 1.54) is 4.90 Å². The van der Waals surface area contributed by atoms with Gasteiger partial charge in [0.15, 0.2) is 5.78 Å². The number of nitrogens with two attached hydrogens (primary N) is 1. The Morgan fingerprint density at radius 1 is 0.921 bits per heavy atom. The molecule has 1 unspecified atom stereocenters. The zero-order chi connectivity index (χ0) is 27.8. The van der Waals surface area contributed by atoms with Crippen LogP contribution in [-0.2, 0) is 9.59 Å². The van der Waals surface area contributed by atoms with Crippen LogP contribution in [0.1, 0.15) is 61.8 Å². The second kappa shape index (κ2) is 13.0. The standard InChI is InChI=1S/C31H34N2O5/c32-30(36)29(27-12-6-7-13-28(27)38-20-8-2-5-11-26(35)21-34)33(25-18-19-25)31(37)24-16-14-23(15-17-24)22-9-3-1-4-10-22/h1,3-4,6-7,9-10,12-17,25,29,34H,2,5,8,11,18-21H2,(H2,32,36)/i29D. The first kappa shape index (κ1) is 25.7. The lowest BCUT2D eigenvalue weighted by molar-refractivity contribution is -0.123. The van der Waals surface area contributed by atoms with Crippen molar-refractivity contribution in [3.05, 3.63) is 90.0 Å². The number of ketones is 1. The first-order chi connectivity index (χ1) is 18.9. The van der Waals surface area contributed by atoms with E-state index in [0.717, 1.165) is 17.5 Å². The Morgan fingerprint density at radius 3 is 2.24 bits per heavy atom. The number of carbonyl (C=O) groups is 3. The highest BCUT2D eigenvalue weighted by molar-refractivity contribution is 5.98. The Kier molecular flexibility index (Phi) is 8.79. The molecule has 1 aliphatic carbocycles. The minimum absolute atomic E-state index is 0.193. The van der Waals surface area contributed by atoms with Crippen LogP contribution in [-0.4, -0.2) is 46.9 Å². The number of hydrogen-bond acceptors (Lipinski definition) is 5. The van der Waals surface area contributed by atoms with Gasteiger partial charge in [0.2, 0.25) is 5.91 Å². The van der Waals surface area contributed by atoms with Crippen LogP contribution in [0.25, 0.3) is 11.1 Å². The second-order valence-corrected chi connectivity index (χ2v) is 9.41. The minimum atomic E-state index is -2.17. The molecule has 1 fully saturated rings.